The van der Waals surface area contributed by atoms with Gasteiger partial charge in [0.05, 0.1) is 12.2 Å². The molecule has 3 nitrogen and oxygen atoms in total. The van der Waals surface area contributed by atoms with E-state index in [1.807, 2.05) is 0 Å². The van der Waals surface area contributed by atoms with Crippen LogP contribution >= 0.6 is 0 Å². The Balaban J connectivity index is 0.000000166. The highest BCUT2D eigenvalue weighted by atomic mass is 19.4. The molecule has 4 aliphatic rings. The van der Waals surface area contributed by atoms with E-state index in [1.165, 1.54) is 72.8 Å². The summed E-state index contributed by atoms with van der Waals surface area (Å²) in [7, 11) is 0. The summed E-state index contributed by atoms with van der Waals surface area (Å²) in [5.41, 5.74) is 5.73. The molecule has 2 unspecified atom stereocenters. The van der Waals surface area contributed by atoms with Gasteiger partial charge in [0.25, 0.3) is 0 Å². The van der Waals surface area contributed by atoms with Gasteiger partial charge < -0.3 is 10.3 Å². The Bertz CT molecular complexity index is 1020. The van der Waals surface area contributed by atoms with Crippen LogP contribution < -0.4 is 5.32 Å². The standard InChI is InChI=1S/C20H26N2.C9H14F3N/c1-3-5-15-6-7-18-17(10-15)19(13-21-18)22-14(2)16-11-20(12-16)8-4-9-20;10-9(11,12)6-13-4-7-2-1-3-8(7)5-13/h6-7,10,13,16,21-22H,2-5,8-9,11-12H2,1H3;7-8H,1-6H2. The van der Waals surface area contributed by atoms with Crippen LogP contribution in [-0.4, -0.2) is 35.7 Å². The zero-order chi connectivity index (χ0) is 24.6. The quantitative estimate of drug-likeness (QED) is 0.434. The number of likely N-dealkylation sites (tertiary alicyclic amines) is 1. The molecule has 6 heteroatoms. The van der Waals surface area contributed by atoms with Gasteiger partial charge in [-0.25, -0.2) is 0 Å². The van der Waals surface area contributed by atoms with Crippen LogP contribution in [0.1, 0.15) is 70.3 Å². The van der Waals surface area contributed by atoms with Gasteiger partial charge in [0.1, 0.15) is 0 Å². The fraction of sp³-hybridized carbons (Fsp3) is 0.655. The van der Waals surface area contributed by atoms with Gasteiger partial charge in [-0.1, -0.05) is 38.8 Å². The van der Waals surface area contributed by atoms with Gasteiger partial charge in [0.15, 0.2) is 0 Å². The number of halogens is 3. The average molecular weight is 488 g/mol. The molecule has 3 aliphatic carbocycles. The molecule has 1 aromatic heterocycles. The summed E-state index contributed by atoms with van der Waals surface area (Å²) in [5.74, 6) is 1.79. The lowest BCUT2D eigenvalue weighted by molar-refractivity contribution is -0.144. The Kier molecular flexibility index (Phi) is 6.95. The highest BCUT2D eigenvalue weighted by molar-refractivity contribution is 5.93. The van der Waals surface area contributed by atoms with Crippen LogP contribution in [0.15, 0.2) is 36.7 Å². The Hall–Kier alpha value is -1.95. The SMILES string of the molecule is C=C(Nc1c[nH]c2ccc(CCC)cc12)C1CC2(CCC2)C1.FC(F)(F)CN1CC2CCCC2C1. The summed E-state index contributed by atoms with van der Waals surface area (Å²) < 4.78 is 36.1. The largest absolute Gasteiger partial charge is 0.401 e. The third kappa shape index (κ3) is 5.58. The van der Waals surface area contributed by atoms with Crippen molar-refractivity contribution in [3.8, 4) is 0 Å². The summed E-state index contributed by atoms with van der Waals surface area (Å²) >= 11 is 0. The molecule has 192 valence electrons. The van der Waals surface area contributed by atoms with Gasteiger partial charge in [-0.05, 0) is 85.8 Å². The van der Waals surface area contributed by atoms with E-state index in [0.29, 0.717) is 36.3 Å². The average Bonchev–Trinajstić information content (AvgIpc) is 3.41. The van der Waals surface area contributed by atoms with Gasteiger partial charge in [0.2, 0.25) is 0 Å². The number of anilines is 1. The highest BCUT2D eigenvalue weighted by Crippen LogP contribution is 2.60. The van der Waals surface area contributed by atoms with E-state index in [2.05, 4.69) is 48.2 Å². The monoisotopic (exact) mass is 487 g/mol. The van der Waals surface area contributed by atoms with E-state index in [1.54, 1.807) is 4.90 Å². The van der Waals surface area contributed by atoms with Gasteiger partial charge >= 0.3 is 6.18 Å². The highest BCUT2D eigenvalue weighted by Gasteiger charge is 2.48. The lowest BCUT2D eigenvalue weighted by Gasteiger charge is -2.54. The first-order valence-electron chi connectivity index (χ1n) is 13.6. The first kappa shape index (κ1) is 24.7. The molecule has 3 saturated carbocycles. The third-order valence-corrected chi connectivity index (χ3v) is 9.05. The molecular formula is C29H40F3N3. The maximum Gasteiger partial charge on any atom is 0.401 e. The maximum atomic E-state index is 12.0. The normalized spacial score (nSPS) is 25.6. The van der Waals surface area contributed by atoms with Gasteiger partial charge in [-0.2, -0.15) is 13.2 Å². The number of alkyl halides is 3. The van der Waals surface area contributed by atoms with Crippen LogP contribution in [-0.2, 0) is 6.42 Å². The Morgan fingerprint density at radius 1 is 1.14 bits per heavy atom. The Morgan fingerprint density at radius 2 is 1.86 bits per heavy atom. The summed E-state index contributed by atoms with van der Waals surface area (Å²) in [6, 6.07) is 6.74. The predicted octanol–water partition coefficient (Wildman–Crippen LogP) is 7.91. The lowest BCUT2D eigenvalue weighted by Crippen LogP contribution is -2.44. The number of rotatable bonds is 6. The molecule has 6 rings (SSSR count). The predicted molar refractivity (Wildman–Crippen MR) is 137 cm³/mol. The van der Waals surface area contributed by atoms with E-state index in [-0.39, 0.29) is 0 Å². The third-order valence-electron chi connectivity index (χ3n) is 9.05. The fourth-order valence-electron chi connectivity index (χ4n) is 7.02. The number of nitrogens with zero attached hydrogens (tertiary/aromatic N) is 1. The second kappa shape index (κ2) is 9.84. The van der Waals surface area contributed by atoms with Crippen molar-refractivity contribution in [2.24, 2.45) is 23.2 Å². The molecule has 2 aromatic rings. The summed E-state index contributed by atoms with van der Waals surface area (Å²) in [6.07, 6.45) is 10.9. The van der Waals surface area contributed by atoms with Gasteiger partial charge in [-0.15, -0.1) is 0 Å². The van der Waals surface area contributed by atoms with Crippen LogP contribution in [0, 0.1) is 23.2 Å². The van der Waals surface area contributed by atoms with Crippen LogP contribution in [0.25, 0.3) is 10.9 Å². The van der Waals surface area contributed by atoms with E-state index in [0.717, 1.165) is 19.3 Å². The van der Waals surface area contributed by atoms with Crippen molar-refractivity contribution in [3.63, 3.8) is 0 Å². The van der Waals surface area contributed by atoms with E-state index in [4.69, 9.17) is 0 Å². The molecule has 2 heterocycles. The number of aromatic nitrogens is 1. The molecule has 35 heavy (non-hydrogen) atoms. The van der Waals surface area contributed by atoms with Crippen molar-refractivity contribution < 1.29 is 13.2 Å². The second-order valence-corrected chi connectivity index (χ2v) is 11.7. The van der Waals surface area contributed by atoms with Gasteiger partial charge in [0, 0.05) is 35.9 Å². The molecule has 4 fully saturated rings. The molecule has 1 aliphatic heterocycles. The summed E-state index contributed by atoms with van der Waals surface area (Å²) in [4.78, 5) is 4.94. The first-order valence-corrected chi connectivity index (χ1v) is 13.6. The molecular weight excluding hydrogens is 447 g/mol. The molecule has 0 radical (unpaired) electrons. The van der Waals surface area contributed by atoms with Crippen LogP contribution in [0.2, 0.25) is 0 Å². The topological polar surface area (TPSA) is 31.1 Å². The molecule has 0 amide bonds. The number of aromatic amines is 1. The number of aryl methyl sites for hydroxylation is 1. The first-order chi connectivity index (χ1) is 16.7. The van der Waals surface area contributed by atoms with E-state index >= 15 is 0 Å². The van der Waals surface area contributed by atoms with Crippen molar-refractivity contribution in [2.75, 3.05) is 25.0 Å². The smallest absolute Gasteiger partial charge is 0.359 e. The van der Waals surface area contributed by atoms with Crippen molar-refractivity contribution >= 4 is 16.6 Å². The van der Waals surface area contributed by atoms with Crippen molar-refractivity contribution in [3.05, 3.63) is 42.2 Å². The summed E-state index contributed by atoms with van der Waals surface area (Å²) in [6.45, 7) is 7.18. The maximum absolute atomic E-state index is 12.0. The van der Waals surface area contributed by atoms with Crippen molar-refractivity contribution in [1.29, 1.82) is 0 Å². The van der Waals surface area contributed by atoms with E-state index < -0.39 is 12.7 Å². The van der Waals surface area contributed by atoms with E-state index in [9.17, 15) is 13.2 Å². The second-order valence-electron chi connectivity index (χ2n) is 11.7. The Labute approximate surface area is 207 Å². The summed E-state index contributed by atoms with van der Waals surface area (Å²) in [5, 5.41) is 4.89. The van der Waals surface area contributed by atoms with Crippen LogP contribution in [0.3, 0.4) is 0 Å². The number of benzene rings is 1. The zero-order valence-corrected chi connectivity index (χ0v) is 21.0. The number of H-pyrrole nitrogens is 1. The lowest BCUT2D eigenvalue weighted by atomic mass is 9.51. The number of allylic oxidation sites excluding steroid dienone is 1. The molecule has 2 N–H and O–H groups in total. The van der Waals surface area contributed by atoms with Crippen molar-refractivity contribution in [2.45, 2.75) is 77.3 Å². The molecule has 2 atom stereocenters. The molecule has 1 saturated heterocycles. The number of hydrogen-bond donors (Lipinski definition) is 2. The minimum absolute atomic E-state index is 0.558. The number of nitrogens with one attached hydrogen (secondary N) is 2. The number of fused-ring (bicyclic) bond motifs is 2. The van der Waals surface area contributed by atoms with Crippen LogP contribution in [0.4, 0.5) is 18.9 Å². The van der Waals surface area contributed by atoms with Crippen molar-refractivity contribution in [1.82, 2.24) is 9.88 Å². The van der Waals surface area contributed by atoms with Crippen LogP contribution in [0.5, 0.6) is 0 Å². The Morgan fingerprint density at radius 3 is 2.46 bits per heavy atom. The molecule has 1 spiro atoms. The zero-order valence-electron chi connectivity index (χ0n) is 21.0. The minimum Gasteiger partial charge on any atom is -0.359 e. The fourth-order valence-corrected chi connectivity index (χ4v) is 7.02. The van der Waals surface area contributed by atoms with Gasteiger partial charge in [-0.3, -0.25) is 4.90 Å². The minimum atomic E-state index is -4.02. The molecule has 1 aromatic carbocycles. The molecule has 0 bridgehead atoms. The number of hydrogen-bond acceptors (Lipinski definition) is 2.